The molecule has 1 aliphatic rings. The van der Waals surface area contributed by atoms with Crippen LogP contribution in [0.15, 0.2) is 18.6 Å². The van der Waals surface area contributed by atoms with Gasteiger partial charge in [-0.05, 0) is 12.8 Å². The lowest BCUT2D eigenvalue weighted by Gasteiger charge is -2.22. The Morgan fingerprint density at radius 2 is 2.06 bits per heavy atom. The SMILES string of the molecule is O=C(Cc1cnccn1)NC1CCS(=O)(=O)CC1. The van der Waals surface area contributed by atoms with Gasteiger partial charge in [-0.25, -0.2) is 8.42 Å². The van der Waals surface area contributed by atoms with E-state index in [1.165, 1.54) is 6.20 Å². The van der Waals surface area contributed by atoms with E-state index >= 15 is 0 Å². The van der Waals surface area contributed by atoms with Gasteiger partial charge in [-0.15, -0.1) is 0 Å². The van der Waals surface area contributed by atoms with Gasteiger partial charge in [0.05, 0.1) is 23.6 Å². The average molecular weight is 269 g/mol. The van der Waals surface area contributed by atoms with Gasteiger partial charge in [0.1, 0.15) is 9.84 Å². The zero-order valence-corrected chi connectivity index (χ0v) is 10.7. The number of nitrogens with one attached hydrogen (secondary N) is 1. The first-order chi connectivity index (χ1) is 8.55. The Hall–Kier alpha value is -1.50. The van der Waals surface area contributed by atoms with Crippen LogP contribution in [0.3, 0.4) is 0 Å². The molecule has 98 valence electrons. The summed E-state index contributed by atoms with van der Waals surface area (Å²) in [6, 6.07) is -0.0438. The largest absolute Gasteiger partial charge is 0.353 e. The van der Waals surface area contributed by atoms with Crippen LogP contribution in [0, 0.1) is 0 Å². The van der Waals surface area contributed by atoms with Gasteiger partial charge >= 0.3 is 0 Å². The summed E-state index contributed by atoms with van der Waals surface area (Å²) in [5.74, 6) is 0.173. The Bertz CT molecular complexity index is 502. The van der Waals surface area contributed by atoms with Crippen molar-refractivity contribution in [3.8, 4) is 0 Å². The van der Waals surface area contributed by atoms with E-state index in [-0.39, 0.29) is 29.9 Å². The molecule has 0 bridgehead atoms. The normalized spacial score (nSPS) is 19.3. The lowest BCUT2D eigenvalue weighted by molar-refractivity contribution is -0.121. The summed E-state index contributed by atoms with van der Waals surface area (Å²) in [6.07, 6.45) is 5.80. The molecule has 18 heavy (non-hydrogen) atoms. The van der Waals surface area contributed by atoms with Crippen molar-refractivity contribution < 1.29 is 13.2 Å². The maximum Gasteiger partial charge on any atom is 0.226 e. The number of amides is 1. The van der Waals surface area contributed by atoms with Crippen molar-refractivity contribution >= 4 is 15.7 Å². The first-order valence-electron chi connectivity index (χ1n) is 5.80. The van der Waals surface area contributed by atoms with Gasteiger partial charge in [0.25, 0.3) is 0 Å². The first kappa shape index (κ1) is 12.9. The molecule has 1 amide bonds. The van der Waals surface area contributed by atoms with Crippen LogP contribution < -0.4 is 5.32 Å². The Morgan fingerprint density at radius 3 is 2.67 bits per heavy atom. The van der Waals surface area contributed by atoms with E-state index in [1.807, 2.05) is 0 Å². The number of nitrogens with zero attached hydrogens (tertiary/aromatic N) is 2. The molecule has 2 heterocycles. The molecule has 2 rings (SSSR count). The highest BCUT2D eigenvalue weighted by Gasteiger charge is 2.24. The molecule has 0 spiro atoms. The zero-order valence-electron chi connectivity index (χ0n) is 9.87. The highest BCUT2D eigenvalue weighted by molar-refractivity contribution is 7.91. The molecule has 1 aromatic rings. The highest BCUT2D eigenvalue weighted by Crippen LogP contribution is 2.12. The molecule has 1 fully saturated rings. The van der Waals surface area contributed by atoms with Crippen LogP contribution in [0.25, 0.3) is 0 Å². The zero-order chi connectivity index (χ0) is 13.0. The number of carbonyl (C=O) groups excluding carboxylic acids is 1. The molecule has 0 aromatic carbocycles. The third-order valence-corrected chi connectivity index (χ3v) is 4.59. The summed E-state index contributed by atoms with van der Waals surface area (Å²) in [5, 5.41) is 2.83. The van der Waals surface area contributed by atoms with Crippen molar-refractivity contribution in [3.63, 3.8) is 0 Å². The molecule has 0 atom stereocenters. The van der Waals surface area contributed by atoms with Gasteiger partial charge in [0.15, 0.2) is 0 Å². The number of sulfone groups is 1. The standard InChI is InChI=1S/C11H15N3O3S/c15-11(7-10-8-12-3-4-13-10)14-9-1-5-18(16,17)6-2-9/h3-4,8-9H,1-2,5-7H2,(H,14,15). The van der Waals surface area contributed by atoms with E-state index in [1.54, 1.807) is 12.4 Å². The van der Waals surface area contributed by atoms with Crippen LogP contribution in [0.2, 0.25) is 0 Å². The maximum absolute atomic E-state index is 11.7. The lowest BCUT2D eigenvalue weighted by Crippen LogP contribution is -2.41. The van der Waals surface area contributed by atoms with Crippen LogP contribution >= 0.6 is 0 Å². The minimum Gasteiger partial charge on any atom is -0.353 e. The molecule has 7 heteroatoms. The molecule has 1 aliphatic heterocycles. The molecule has 0 aliphatic carbocycles. The third-order valence-electron chi connectivity index (χ3n) is 2.88. The predicted molar refractivity (Wildman–Crippen MR) is 65.6 cm³/mol. The van der Waals surface area contributed by atoms with Crippen molar-refractivity contribution in [3.05, 3.63) is 24.3 Å². The molecular formula is C11H15N3O3S. The lowest BCUT2D eigenvalue weighted by atomic mass is 10.1. The van der Waals surface area contributed by atoms with Gasteiger partial charge in [0.2, 0.25) is 5.91 Å². The molecule has 1 aromatic heterocycles. The molecule has 1 saturated heterocycles. The average Bonchev–Trinajstić information content (AvgIpc) is 2.33. The predicted octanol–water partition coefficient (Wildman–Crippen LogP) is -0.287. The van der Waals surface area contributed by atoms with E-state index in [4.69, 9.17) is 0 Å². The second kappa shape index (κ2) is 5.43. The van der Waals surface area contributed by atoms with Crippen molar-refractivity contribution in [1.29, 1.82) is 0 Å². The van der Waals surface area contributed by atoms with Crippen molar-refractivity contribution in [2.45, 2.75) is 25.3 Å². The number of carbonyl (C=O) groups is 1. The molecule has 6 nitrogen and oxygen atoms in total. The van der Waals surface area contributed by atoms with E-state index in [2.05, 4.69) is 15.3 Å². The number of rotatable bonds is 3. The Labute approximate surface area is 106 Å². The van der Waals surface area contributed by atoms with Gasteiger partial charge in [-0.2, -0.15) is 0 Å². The van der Waals surface area contributed by atoms with Gasteiger partial charge in [-0.1, -0.05) is 0 Å². The van der Waals surface area contributed by atoms with Gasteiger partial charge in [-0.3, -0.25) is 14.8 Å². The third kappa shape index (κ3) is 3.76. The minimum absolute atomic E-state index is 0.0438. The maximum atomic E-state index is 11.7. The topological polar surface area (TPSA) is 89.0 Å². The number of aromatic nitrogens is 2. The fourth-order valence-electron chi connectivity index (χ4n) is 1.90. The molecular weight excluding hydrogens is 254 g/mol. The monoisotopic (exact) mass is 269 g/mol. The quantitative estimate of drug-likeness (QED) is 0.814. The summed E-state index contributed by atoms with van der Waals surface area (Å²) in [6.45, 7) is 0. The Balaban J connectivity index is 1.82. The molecule has 1 N–H and O–H groups in total. The fourth-order valence-corrected chi connectivity index (χ4v) is 3.39. The van der Waals surface area contributed by atoms with E-state index in [0.29, 0.717) is 18.5 Å². The Kier molecular flexibility index (Phi) is 3.90. The molecule has 0 radical (unpaired) electrons. The summed E-state index contributed by atoms with van der Waals surface area (Å²) in [5.41, 5.74) is 0.610. The summed E-state index contributed by atoms with van der Waals surface area (Å²) in [4.78, 5) is 19.6. The highest BCUT2D eigenvalue weighted by atomic mass is 32.2. The van der Waals surface area contributed by atoms with Crippen LogP contribution in [0.4, 0.5) is 0 Å². The second-order valence-electron chi connectivity index (χ2n) is 4.37. The molecule has 0 saturated carbocycles. The van der Waals surface area contributed by atoms with Crippen LogP contribution in [0.5, 0.6) is 0 Å². The van der Waals surface area contributed by atoms with Crippen LogP contribution in [-0.2, 0) is 21.1 Å². The van der Waals surface area contributed by atoms with Crippen LogP contribution in [0.1, 0.15) is 18.5 Å². The summed E-state index contributed by atoms with van der Waals surface area (Å²) in [7, 11) is -2.88. The van der Waals surface area contributed by atoms with Crippen molar-refractivity contribution in [2.24, 2.45) is 0 Å². The first-order valence-corrected chi connectivity index (χ1v) is 7.62. The minimum atomic E-state index is -2.88. The van der Waals surface area contributed by atoms with Crippen LogP contribution in [-0.4, -0.2) is 41.8 Å². The Morgan fingerprint density at radius 1 is 1.33 bits per heavy atom. The van der Waals surface area contributed by atoms with E-state index in [0.717, 1.165) is 0 Å². The molecule has 0 unspecified atom stereocenters. The van der Waals surface area contributed by atoms with Crippen molar-refractivity contribution in [1.82, 2.24) is 15.3 Å². The van der Waals surface area contributed by atoms with Gasteiger partial charge < -0.3 is 5.32 Å². The van der Waals surface area contributed by atoms with Gasteiger partial charge in [0, 0.05) is 24.6 Å². The summed E-state index contributed by atoms with van der Waals surface area (Å²) < 4.78 is 22.5. The summed E-state index contributed by atoms with van der Waals surface area (Å²) >= 11 is 0. The fraction of sp³-hybridized carbons (Fsp3) is 0.545. The van der Waals surface area contributed by atoms with Crippen molar-refractivity contribution in [2.75, 3.05) is 11.5 Å². The van der Waals surface area contributed by atoms with E-state index in [9.17, 15) is 13.2 Å². The number of hydrogen-bond donors (Lipinski definition) is 1. The number of hydrogen-bond acceptors (Lipinski definition) is 5. The smallest absolute Gasteiger partial charge is 0.226 e. The second-order valence-corrected chi connectivity index (χ2v) is 6.67. The van der Waals surface area contributed by atoms with E-state index < -0.39 is 9.84 Å².